The first kappa shape index (κ1) is 23.1. The lowest BCUT2D eigenvalue weighted by atomic mass is 9.45. The molecule has 1 aliphatic carbocycles. The van der Waals surface area contributed by atoms with Gasteiger partial charge in [0.05, 0.1) is 38.6 Å². The molecule has 7 unspecified atom stereocenters. The highest BCUT2D eigenvalue weighted by molar-refractivity contribution is 5.79. The Kier molecular flexibility index (Phi) is 4.90. The predicted octanol–water partition coefficient (Wildman–Crippen LogP) is 3.90. The van der Waals surface area contributed by atoms with E-state index < -0.39 is 58.1 Å². The molecule has 8 heteroatoms. The summed E-state index contributed by atoms with van der Waals surface area (Å²) < 4.78 is 29.1. The van der Waals surface area contributed by atoms with Crippen LogP contribution in [0.3, 0.4) is 0 Å². The Morgan fingerprint density at radius 1 is 1.18 bits per heavy atom. The number of rotatable bonds is 2. The summed E-state index contributed by atoms with van der Waals surface area (Å²) in [5, 5.41) is 0. The van der Waals surface area contributed by atoms with Crippen LogP contribution in [0.1, 0.15) is 65.0 Å². The lowest BCUT2D eigenvalue weighted by molar-refractivity contribution is -0.290. The third kappa shape index (κ3) is 2.78. The largest absolute Gasteiger partial charge is 0.472 e. The molecule has 1 aromatic heterocycles. The monoisotopic (exact) mass is 472 g/mol. The van der Waals surface area contributed by atoms with E-state index in [1.54, 1.807) is 32.4 Å². The lowest BCUT2D eigenvalue weighted by Crippen LogP contribution is -2.71. The molecule has 3 saturated heterocycles. The van der Waals surface area contributed by atoms with Crippen molar-refractivity contribution >= 4 is 17.9 Å². The number of fused-ring (bicyclic) bond motifs is 3. The van der Waals surface area contributed by atoms with E-state index in [-0.39, 0.29) is 18.8 Å². The van der Waals surface area contributed by atoms with E-state index in [2.05, 4.69) is 13.5 Å². The van der Waals surface area contributed by atoms with Gasteiger partial charge >= 0.3 is 17.9 Å². The second kappa shape index (κ2) is 7.20. The van der Waals surface area contributed by atoms with E-state index in [0.29, 0.717) is 12.8 Å². The summed E-state index contributed by atoms with van der Waals surface area (Å²) in [7, 11) is 1.34. The highest BCUT2D eigenvalue weighted by Gasteiger charge is 2.73. The van der Waals surface area contributed by atoms with Crippen LogP contribution in [0, 0.1) is 22.7 Å². The molecular formula is C26H32O8. The van der Waals surface area contributed by atoms with Gasteiger partial charge in [0.1, 0.15) is 23.2 Å². The maximum atomic E-state index is 13.2. The highest BCUT2D eigenvalue weighted by Crippen LogP contribution is 2.70. The Balaban J connectivity index is 1.68. The molecule has 7 atom stereocenters. The molecule has 4 heterocycles. The van der Waals surface area contributed by atoms with Crippen LogP contribution < -0.4 is 0 Å². The number of hydrogen-bond donors (Lipinski definition) is 0. The minimum absolute atomic E-state index is 0.00109. The summed E-state index contributed by atoms with van der Waals surface area (Å²) in [6, 6.07) is 1.79. The number of esters is 3. The zero-order chi connectivity index (χ0) is 24.7. The van der Waals surface area contributed by atoms with Gasteiger partial charge in [0, 0.05) is 16.4 Å². The van der Waals surface area contributed by atoms with Gasteiger partial charge in [-0.15, -0.1) is 0 Å². The number of carbonyl (C=O) groups excluding carboxylic acids is 3. The number of cyclic esters (lactones) is 2. The van der Waals surface area contributed by atoms with Crippen LogP contribution in [-0.2, 0) is 33.3 Å². The standard InChI is InChI=1S/C26H32O8/c1-14-16-7-9-24(4)21(15-8-10-31-13-15)32-19(28)12-26(14,24)33-17-11-18(27)34-23(2,3)20(22(29)30-6)25(16,17)5/h8,10,13,16-17,20-21H,1,7,9,11-12H2,2-6H3. The molecular weight excluding hydrogens is 440 g/mol. The van der Waals surface area contributed by atoms with Gasteiger partial charge in [0.15, 0.2) is 0 Å². The Morgan fingerprint density at radius 3 is 2.56 bits per heavy atom. The maximum Gasteiger partial charge on any atom is 0.313 e. The number of furan rings is 1. The molecule has 0 aromatic carbocycles. The summed E-state index contributed by atoms with van der Waals surface area (Å²) in [6.07, 6.45) is 3.22. The van der Waals surface area contributed by atoms with Crippen LogP contribution in [-0.4, -0.2) is 42.3 Å². The predicted molar refractivity (Wildman–Crippen MR) is 118 cm³/mol. The van der Waals surface area contributed by atoms with Crippen molar-refractivity contribution in [1.82, 2.24) is 0 Å². The Bertz CT molecular complexity index is 1060. The zero-order valence-corrected chi connectivity index (χ0v) is 20.3. The fourth-order valence-electron chi connectivity index (χ4n) is 7.62. The van der Waals surface area contributed by atoms with Gasteiger partial charge in [-0.2, -0.15) is 0 Å². The maximum absolute atomic E-state index is 13.2. The van der Waals surface area contributed by atoms with Crippen molar-refractivity contribution in [2.45, 2.75) is 76.8 Å². The summed E-state index contributed by atoms with van der Waals surface area (Å²) in [4.78, 5) is 39.1. The Morgan fingerprint density at radius 2 is 1.91 bits per heavy atom. The molecule has 4 aliphatic rings. The van der Waals surface area contributed by atoms with Crippen molar-refractivity contribution in [3.63, 3.8) is 0 Å². The van der Waals surface area contributed by atoms with Gasteiger partial charge in [-0.1, -0.05) is 20.4 Å². The highest BCUT2D eigenvalue weighted by atomic mass is 16.6. The smallest absolute Gasteiger partial charge is 0.313 e. The Labute approximate surface area is 198 Å². The molecule has 1 aromatic rings. The molecule has 2 bridgehead atoms. The summed E-state index contributed by atoms with van der Waals surface area (Å²) in [5.74, 6) is -2.25. The quantitative estimate of drug-likeness (QED) is 0.363. The van der Waals surface area contributed by atoms with Gasteiger partial charge in [0.2, 0.25) is 0 Å². The fraction of sp³-hybridized carbons (Fsp3) is 0.654. The Hall–Kier alpha value is -2.61. The lowest BCUT2D eigenvalue weighted by Gasteiger charge is -2.67. The van der Waals surface area contributed by atoms with E-state index >= 15 is 0 Å². The van der Waals surface area contributed by atoms with Crippen molar-refractivity contribution < 1.29 is 37.7 Å². The first-order valence-corrected chi connectivity index (χ1v) is 11.8. The summed E-state index contributed by atoms with van der Waals surface area (Å²) in [5.41, 5.74) is -2.08. The van der Waals surface area contributed by atoms with Crippen LogP contribution in [0.25, 0.3) is 0 Å². The normalized spacial score (nSPS) is 43.0. The second-order valence-electron chi connectivity index (χ2n) is 11.2. The van der Waals surface area contributed by atoms with E-state index in [1.807, 2.05) is 6.92 Å². The van der Waals surface area contributed by atoms with Gasteiger partial charge in [-0.3, -0.25) is 14.4 Å². The molecule has 1 spiro atoms. The van der Waals surface area contributed by atoms with Crippen LogP contribution in [0.15, 0.2) is 35.2 Å². The summed E-state index contributed by atoms with van der Waals surface area (Å²) >= 11 is 0. The topological polar surface area (TPSA) is 101 Å². The van der Waals surface area contributed by atoms with Crippen LogP contribution in [0.2, 0.25) is 0 Å². The van der Waals surface area contributed by atoms with Crippen molar-refractivity contribution in [3.05, 3.63) is 36.3 Å². The van der Waals surface area contributed by atoms with Gasteiger partial charge < -0.3 is 23.4 Å². The molecule has 5 rings (SSSR count). The number of methoxy groups -OCH3 is 1. The van der Waals surface area contributed by atoms with Crippen molar-refractivity contribution in [2.24, 2.45) is 22.7 Å². The van der Waals surface area contributed by atoms with Crippen molar-refractivity contribution in [3.8, 4) is 0 Å². The first-order valence-electron chi connectivity index (χ1n) is 11.8. The second-order valence-corrected chi connectivity index (χ2v) is 11.2. The molecule has 3 aliphatic heterocycles. The SMILES string of the molecule is C=C1C2CCC3(C)C(c4ccoc4)OC(=O)CC13OC1CC(=O)OC(C)(C)C(C(=O)OC)C12C. The molecule has 0 N–H and O–H groups in total. The van der Waals surface area contributed by atoms with E-state index in [0.717, 1.165) is 11.1 Å². The van der Waals surface area contributed by atoms with Crippen molar-refractivity contribution in [2.75, 3.05) is 7.11 Å². The van der Waals surface area contributed by atoms with Crippen LogP contribution in [0.5, 0.6) is 0 Å². The average Bonchev–Trinajstić information content (AvgIpc) is 3.25. The van der Waals surface area contributed by atoms with Gasteiger partial charge in [-0.25, -0.2) is 0 Å². The van der Waals surface area contributed by atoms with Crippen LogP contribution >= 0.6 is 0 Å². The van der Waals surface area contributed by atoms with Crippen molar-refractivity contribution in [1.29, 1.82) is 0 Å². The molecule has 184 valence electrons. The molecule has 0 amide bonds. The number of hydrogen-bond acceptors (Lipinski definition) is 8. The van der Waals surface area contributed by atoms with E-state index in [1.165, 1.54) is 7.11 Å². The molecule has 0 radical (unpaired) electrons. The van der Waals surface area contributed by atoms with Crippen LogP contribution in [0.4, 0.5) is 0 Å². The fourth-order valence-corrected chi connectivity index (χ4v) is 7.62. The average molecular weight is 473 g/mol. The number of carbonyl (C=O) groups is 3. The minimum atomic E-state index is -1.10. The molecule has 8 nitrogen and oxygen atoms in total. The minimum Gasteiger partial charge on any atom is -0.472 e. The zero-order valence-electron chi connectivity index (χ0n) is 20.3. The first-order chi connectivity index (χ1) is 15.9. The molecule has 34 heavy (non-hydrogen) atoms. The van der Waals surface area contributed by atoms with Gasteiger partial charge in [0.25, 0.3) is 0 Å². The van der Waals surface area contributed by atoms with E-state index in [4.69, 9.17) is 23.4 Å². The third-order valence-corrected chi connectivity index (χ3v) is 9.15. The molecule has 4 fully saturated rings. The molecule has 1 saturated carbocycles. The summed E-state index contributed by atoms with van der Waals surface area (Å²) in [6.45, 7) is 12.0. The number of ether oxygens (including phenoxy) is 4. The van der Waals surface area contributed by atoms with Gasteiger partial charge in [-0.05, 0) is 44.2 Å². The third-order valence-electron chi connectivity index (χ3n) is 9.15. The van der Waals surface area contributed by atoms with E-state index in [9.17, 15) is 14.4 Å².